The molecule has 6 nitrogen and oxygen atoms in total. The number of allylic oxidation sites excluding steroid dienone is 14. The van der Waals surface area contributed by atoms with Crippen molar-refractivity contribution < 1.29 is 28.6 Å². The maximum Gasteiger partial charge on any atom is 0.306 e. The number of rotatable bonds is 45. The number of esters is 3. The fourth-order valence-corrected chi connectivity index (χ4v) is 6.84. The molecule has 0 spiro atoms. The molecule has 62 heavy (non-hydrogen) atoms. The van der Waals surface area contributed by atoms with Crippen molar-refractivity contribution in [2.45, 2.75) is 239 Å². The van der Waals surface area contributed by atoms with Crippen LogP contribution in [-0.4, -0.2) is 37.2 Å². The highest BCUT2D eigenvalue weighted by Gasteiger charge is 2.19. The quantitative estimate of drug-likeness (QED) is 0.0263. The van der Waals surface area contributed by atoms with Gasteiger partial charge in [-0.15, -0.1) is 0 Å². The van der Waals surface area contributed by atoms with E-state index < -0.39 is 6.10 Å². The molecule has 0 saturated carbocycles. The van der Waals surface area contributed by atoms with E-state index >= 15 is 0 Å². The highest BCUT2D eigenvalue weighted by atomic mass is 16.6. The molecule has 0 saturated heterocycles. The first-order valence-electron chi connectivity index (χ1n) is 25.6. The van der Waals surface area contributed by atoms with Crippen molar-refractivity contribution in [1.82, 2.24) is 0 Å². The minimum absolute atomic E-state index is 0.0922. The number of carbonyl (C=O) groups is 3. The summed E-state index contributed by atoms with van der Waals surface area (Å²) in [5.41, 5.74) is 0. The number of ether oxygens (including phenoxy) is 3. The third-order valence-corrected chi connectivity index (χ3v) is 10.7. The zero-order valence-electron chi connectivity index (χ0n) is 40.4. The zero-order valence-corrected chi connectivity index (χ0v) is 40.4. The molecule has 0 aromatic rings. The van der Waals surface area contributed by atoms with Gasteiger partial charge in [-0.3, -0.25) is 14.4 Å². The summed E-state index contributed by atoms with van der Waals surface area (Å²) in [4.78, 5) is 37.8. The Morgan fingerprint density at radius 3 is 0.984 bits per heavy atom. The lowest BCUT2D eigenvalue weighted by Gasteiger charge is -2.18. The summed E-state index contributed by atoms with van der Waals surface area (Å²) < 4.78 is 16.7. The van der Waals surface area contributed by atoms with Crippen molar-refractivity contribution >= 4 is 17.9 Å². The number of unbranched alkanes of at least 4 members (excludes halogenated alkanes) is 20. The summed E-state index contributed by atoms with van der Waals surface area (Å²) in [5, 5.41) is 0. The topological polar surface area (TPSA) is 78.9 Å². The predicted molar refractivity (Wildman–Crippen MR) is 265 cm³/mol. The second kappa shape index (κ2) is 50.2. The molecular weight excluding hydrogens is 769 g/mol. The Bertz CT molecular complexity index is 1220. The molecule has 1 atom stereocenters. The molecule has 0 aliphatic rings. The Morgan fingerprint density at radius 2 is 0.629 bits per heavy atom. The molecule has 0 aromatic carbocycles. The first-order chi connectivity index (χ1) is 30.5. The molecule has 0 amide bonds. The first kappa shape index (κ1) is 58.6. The summed E-state index contributed by atoms with van der Waals surface area (Å²) in [6.07, 6.45) is 64.3. The monoisotopic (exact) mass is 863 g/mol. The van der Waals surface area contributed by atoms with Gasteiger partial charge in [0.2, 0.25) is 0 Å². The largest absolute Gasteiger partial charge is 0.462 e. The Morgan fingerprint density at radius 1 is 0.339 bits per heavy atom. The van der Waals surface area contributed by atoms with Crippen LogP contribution < -0.4 is 0 Å². The average Bonchev–Trinajstić information content (AvgIpc) is 3.27. The molecule has 0 aromatic heterocycles. The maximum absolute atomic E-state index is 12.7. The molecule has 0 N–H and O–H groups in total. The molecule has 0 aliphatic heterocycles. The van der Waals surface area contributed by atoms with Crippen molar-refractivity contribution in [2.75, 3.05) is 13.2 Å². The van der Waals surface area contributed by atoms with E-state index in [1.807, 2.05) is 0 Å². The van der Waals surface area contributed by atoms with E-state index in [9.17, 15) is 14.4 Å². The third kappa shape index (κ3) is 47.6. The van der Waals surface area contributed by atoms with Crippen LogP contribution in [-0.2, 0) is 28.6 Å². The van der Waals surface area contributed by atoms with Gasteiger partial charge in [-0.25, -0.2) is 0 Å². The van der Waals surface area contributed by atoms with Crippen molar-refractivity contribution in [2.24, 2.45) is 0 Å². The minimum Gasteiger partial charge on any atom is -0.462 e. The predicted octanol–water partition coefficient (Wildman–Crippen LogP) is 16.8. The van der Waals surface area contributed by atoms with Crippen LogP contribution in [0.4, 0.5) is 0 Å². The van der Waals surface area contributed by atoms with E-state index in [0.29, 0.717) is 19.3 Å². The van der Waals surface area contributed by atoms with Gasteiger partial charge >= 0.3 is 17.9 Å². The lowest BCUT2D eigenvalue weighted by Crippen LogP contribution is -2.30. The number of hydrogen-bond donors (Lipinski definition) is 0. The molecule has 0 radical (unpaired) electrons. The molecule has 6 heteroatoms. The van der Waals surface area contributed by atoms with Crippen molar-refractivity contribution in [1.29, 1.82) is 0 Å². The third-order valence-electron chi connectivity index (χ3n) is 10.7. The van der Waals surface area contributed by atoms with Crippen LogP contribution in [0.15, 0.2) is 85.1 Å². The molecule has 0 fully saturated rings. The van der Waals surface area contributed by atoms with Crippen LogP contribution in [0.3, 0.4) is 0 Å². The van der Waals surface area contributed by atoms with E-state index in [4.69, 9.17) is 14.2 Å². The van der Waals surface area contributed by atoms with Gasteiger partial charge in [-0.1, -0.05) is 228 Å². The highest BCUT2D eigenvalue weighted by Crippen LogP contribution is 2.14. The smallest absolute Gasteiger partial charge is 0.306 e. The number of hydrogen-bond acceptors (Lipinski definition) is 6. The first-order valence-corrected chi connectivity index (χ1v) is 25.6. The maximum atomic E-state index is 12.7. The summed E-state index contributed by atoms with van der Waals surface area (Å²) in [6, 6.07) is 0. The standard InChI is InChI=1S/C56H94O6/c1-4-7-10-13-16-19-21-23-24-25-26-27-28-29-30-31-32-33-35-37-40-43-46-49-55(58)61-52-53(51-60-54(57)48-45-42-39-36-18-15-12-9-6-3)62-56(59)50-47-44-41-38-34-22-20-17-14-11-8-5-2/h7,10,16,19,23-24,26-27,29-30,32-33,37,40,53H,4-6,8-9,11-15,17-18,20-22,25,28,31,34-36,38-39,41-52H2,1-3H3/b10-7-,19-16-,24-23-,27-26-,30-29-,33-32-,40-37-. The summed E-state index contributed by atoms with van der Waals surface area (Å²) in [6.45, 7) is 6.44. The molecule has 0 heterocycles. The van der Waals surface area contributed by atoms with Crippen LogP contribution in [0.2, 0.25) is 0 Å². The van der Waals surface area contributed by atoms with Gasteiger partial charge in [-0.2, -0.15) is 0 Å². The van der Waals surface area contributed by atoms with Gasteiger partial charge in [0.25, 0.3) is 0 Å². The molecule has 0 aliphatic carbocycles. The van der Waals surface area contributed by atoms with Gasteiger partial charge in [0.15, 0.2) is 6.10 Å². The second-order valence-corrected chi connectivity index (χ2v) is 16.7. The van der Waals surface area contributed by atoms with Crippen LogP contribution >= 0.6 is 0 Å². The van der Waals surface area contributed by atoms with Gasteiger partial charge in [0.05, 0.1) is 0 Å². The Kier molecular flexibility index (Phi) is 47.5. The van der Waals surface area contributed by atoms with Gasteiger partial charge in [0.1, 0.15) is 13.2 Å². The zero-order chi connectivity index (χ0) is 45.1. The summed E-state index contributed by atoms with van der Waals surface area (Å²) in [7, 11) is 0. The van der Waals surface area contributed by atoms with E-state index in [2.05, 4.69) is 106 Å². The Hall–Kier alpha value is -3.41. The minimum atomic E-state index is -0.794. The molecule has 354 valence electrons. The van der Waals surface area contributed by atoms with Crippen LogP contribution in [0.1, 0.15) is 233 Å². The normalized spacial score (nSPS) is 12.8. The van der Waals surface area contributed by atoms with Crippen molar-refractivity contribution in [3.8, 4) is 0 Å². The van der Waals surface area contributed by atoms with E-state index in [1.165, 1.54) is 96.3 Å². The van der Waals surface area contributed by atoms with Crippen LogP contribution in [0.5, 0.6) is 0 Å². The van der Waals surface area contributed by atoms with E-state index in [1.54, 1.807) is 0 Å². The fourth-order valence-electron chi connectivity index (χ4n) is 6.84. The van der Waals surface area contributed by atoms with E-state index in [0.717, 1.165) is 89.9 Å². The van der Waals surface area contributed by atoms with Crippen LogP contribution in [0.25, 0.3) is 0 Å². The molecular formula is C56H94O6. The Balaban J connectivity index is 4.39. The van der Waals surface area contributed by atoms with E-state index in [-0.39, 0.29) is 37.5 Å². The highest BCUT2D eigenvalue weighted by molar-refractivity contribution is 5.71. The Labute approximate surface area is 382 Å². The lowest BCUT2D eigenvalue weighted by atomic mass is 10.0. The SMILES string of the molecule is CC/C=C\C/C=C\C/C=C\C/C=C\C/C=C\C/C=C\C/C=C\CCCC(=O)OCC(COC(=O)CCCCCCCCCCC)OC(=O)CCCCCCCCCCCCCC. The lowest BCUT2D eigenvalue weighted by molar-refractivity contribution is -0.167. The summed E-state index contributed by atoms with van der Waals surface area (Å²) in [5.74, 6) is -0.958. The summed E-state index contributed by atoms with van der Waals surface area (Å²) >= 11 is 0. The second-order valence-electron chi connectivity index (χ2n) is 16.7. The van der Waals surface area contributed by atoms with Gasteiger partial charge in [0, 0.05) is 19.3 Å². The fraction of sp³-hybridized carbons (Fsp3) is 0.696. The van der Waals surface area contributed by atoms with Crippen molar-refractivity contribution in [3.05, 3.63) is 85.1 Å². The molecule has 0 rings (SSSR count). The number of carbonyl (C=O) groups excluding carboxylic acids is 3. The van der Waals surface area contributed by atoms with Crippen molar-refractivity contribution in [3.63, 3.8) is 0 Å². The molecule has 0 bridgehead atoms. The van der Waals surface area contributed by atoms with Gasteiger partial charge < -0.3 is 14.2 Å². The van der Waals surface area contributed by atoms with Crippen LogP contribution in [0, 0.1) is 0 Å². The van der Waals surface area contributed by atoms with Gasteiger partial charge in [-0.05, 0) is 70.6 Å². The average molecular weight is 863 g/mol. The molecule has 1 unspecified atom stereocenters.